The molecular formula is C19H17FN6O. The van der Waals surface area contributed by atoms with Crippen LogP contribution < -0.4 is 0 Å². The van der Waals surface area contributed by atoms with Crippen LogP contribution in [0.2, 0.25) is 0 Å². The molecule has 0 aliphatic carbocycles. The van der Waals surface area contributed by atoms with E-state index < -0.39 is 0 Å². The van der Waals surface area contributed by atoms with Crippen LogP contribution in [0.15, 0.2) is 42.6 Å². The number of benzene rings is 1. The van der Waals surface area contributed by atoms with Crippen molar-refractivity contribution in [3.05, 3.63) is 59.7 Å². The first-order valence-electron chi connectivity index (χ1n) is 8.53. The minimum Gasteiger partial charge on any atom is -0.492 e. The Morgan fingerprint density at radius 3 is 2.67 bits per heavy atom. The van der Waals surface area contributed by atoms with E-state index in [0.717, 1.165) is 0 Å². The molecule has 0 saturated heterocycles. The first kappa shape index (κ1) is 17.0. The fourth-order valence-electron chi connectivity index (χ4n) is 2.87. The number of pyridine rings is 1. The largest absolute Gasteiger partial charge is 0.492 e. The zero-order valence-corrected chi connectivity index (χ0v) is 14.8. The summed E-state index contributed by atoms with van der Waals surface area (Å²) < 4.78 is 15.6. The van der Waals surface area contributed by atoms with Crippen molar-refractivity contribution in [2.75, 3.05) is 0 Å². The Kier molecular flexibility index (Phi) is 4.23. The molecule has 0 fully saturated rings. The van der Waals surface area contributed by atoms with Crippen molar-refractivity contribution in [2.24, 2.45) is 0 Å². The third-order valence-electron chi connectivity index (χ3n) is 4.24. The van der Waals surface area contributed by atoms with Crippen molar-refractivity contribution in [2.45, 2.75) is 26.3 Å². The third kappa shape index (κ3) is 3.10. The maximum absolute atomic E-state index is 14.0. The van der Waals surface area contributed by atoms with Gasteiger partial charge in [-0.15, -0.1) is 10.2 Å². The summed E-state index contributed by atoms with van der Waals surface area (Å²) in [4.78, 5) is 8.52. The van der Waals surface area contributed by atoms with Gasteiger partial charge in [-0.2, -0.15) is 10.1 Å². The average molecular weight is 364 g/mol. The number of halogens is 1. The molecule has 0 amide bonds. The van der Waals surface area contributed by atoms with E-state index in [1.54, 1.807) is 35.1 Å². The number of nitrogens with zero attached hydrogens (tertiary/aromatic N) is 6. The molecule has 0 aliphatic rings. The van der Waals surface area contributed by atoms with Gasteiger partial charge in [0.15, 0.2) is 5.65 Å². The Balaban J connectivity index is 1.83. The fraction of sp³-hybridized carbons (Fsp3) is 0.211. The number of fused-ring (bicyclic) bond motifs is 1. The second-order valence-corrected chi connectivity index (χ2v) is 6.47. The van der Waals surface area contributed by atoms with Crippen molar-refractivity contribution in [3.63, 3.8) is 0 Å². The number of hydrogen-bond acceptors (Lipinski definition) is 6. The first-order valence-corrected chi connectivity index (χ1v) is 8.53. The summed E-state index contributed by atoms with van der Waals surface area (Å²) in [5.74, 6) is -0.288. The standard InChI is InChI=1S/C19H17FN6O/c1-11(2)15-19(27)22-17(24-23-15)16-13-7-5-9-21-18(13)26(25-16)10-12-6-3-4-8-14(12)20/h3-9,11H,10H2,1-2H3,(H,22,24,27). The molecule has 0 spiro atoms. The molecule has 1 aromatic carbocycles. The van der Waals surface area contributed by atoms with E-state index in [1.807, 2.05) is 19.9 Å². The van der Waals surface area contributed by atoms with Gasteiger partial charge in [0.1, 0.15) is 17.2 Å². The van der Waals surface area contributed by atoms with E-state index in [1.165, 1.54) is 6.07 Å². The lowest BCUT2D eigenvalue weighted by molar-refractivity contribution is 0.434. The van der Waals surface area contributed by atoms with Gasteiger partial charge in [0.05, 0.1) is 11.9 Å². The number of rotatable bonds is 4. The maximum atomic E-state index is 14.0. The first-order chi connectivity index (χ1) is 13.0. The van der Waals surface area contributed by atoms with Crippen LogP contribution >= 0.6 is 0 Å². The second kappa shape index (κ2) is 6.71. The van der Waals surface area contributed by atoms with E-state index >= 15 is 0 Å². The van der Waals surface area contributed by atoms with Gasteiger partial charge in [0, 0.05) is 17.7 Å². The van der Waals surface area contributed by atoms with Gasteiger partial charge in [0.25, 0.3) is 0 Å². The predicted molar refractivity (Wildman–Crippen MR) is 97.6 cm³/mol. The molecular weight excluding hydrogens is 347 g/mol. The molecule has 0 radical (unpaired) electrons. The van der Waals surface area contributed by atoms with Gasteiger partial charge >= 0.3 is 0 Å². The molecule has 0 unspecified atom stereocenters. The van der Waals surface area contributed by atoms with E-state index in [2.05, 4.69) is 25.3 Å². The smallest absolute Gasteiger partial charge is 0.237 e. The van der Waals surface area contributed by atoms with Crippen LogP contribution in [-0.2, 0) is 6.54 Å². The highest BCUT2D eigenvalue weighted by Gasteiger charge is 2.19. The quantitative estimate of drug-likeness (QED) is 0.598. The topological polar surface area (TPSA) is 89.6 Å². The van der Waals surface area contributed by atoms with Gasteiger partial charge < -0.3 is 5.11 Å². The van der Waals surface area contributed by atoms with Gasteiger partial charge in [0.2, 0.25) is 11.7 Å². The summed E-state index contributed by atoms with van der Waals surface area (Å²) in [7, 11) is 0. The third-order valence-corrected chi connectivity index (χ3v) is 4.24. The molecule has 27 heavy (non-hydrogen) atoms. The molecule has 3 aromatic heterocycles. The van der Waals surface area contributed by atoms with Crippen molar-refractivity contribution >= 4 is 11.0 Å². The number of aromatic hydroxyl groups is 1. The molecule has 0 atom stereocenters. The number of hydrogen-bond donors (Lipinski definition) is 1. The summed E-state index contributed by atoms with van der Waals surface area (Å²) in [5.41, 5.74) is 1.93. The Labute approximate surface area is 154 Å². The molecule has 4 aromatic rings. The maximum Gasteiger partial charge on any atom is 0.237 e. The van der Waals surface area contributed by atoms with Gasteiger partial charge in [-0.3, -0.25) is 0 Å². The normalized spacial score (nSPS) is 11.4. The fourth-order valence-corrected chi connectivity index (χ4v) is 2.87. The Morgan fingerprint density at radius 2 is 1.93 bits per heavy atom. The van der Waals surface area contributed by atoms with Crippen molar-refractivity contribution in [1.29, 1.82) is 0 Å². The summed E-state index contributed by atoms with van der Waals surface area (Å²) in [6.07, 6.45) is 1.64. The zero-order chi connectivity index (χ0) is 19.0. The summed E-state index contributed by atoms with van der Waals surface area (Å²) >= 11 is 0. The minimum atomic E-state index is -0.310. The lowest BCUT2D eigenvalue weighted by atomic mass is 10.1. The lowest BCUT2D eigenvalue weighted by Crippen LogP contribution is -2.05. The molecule has 8 heteroatoms. The molecule has 136 valence electrons. The van der Waals surface area contributed by atoms with Crippen molar-refractivity contribution < 1.29 is 9.50 Å². The zero-order valence-electron chi connectivity index (χ0n) is 14.8. The van der Waals surface area contributed by atoms with Crippen LogP contribution in [0.5, 0.6) is 5.88 Å². The summed E-state index contributed by atoms with van der Waals surface area (Å²) in [6, 6.07) is 10.1. The van der Waals surface area contributed by atoms with Crippen LogP contribution in [0.25, 0.3) is 22.6 Å². The average Bonchev–Trinajstić information content (AvgIpc) is 3.02. The van der Waals surface area contributed by atoms with Crippen LogP contribution in [0.3, 0.4) is 0 Å². The molecule has 7 nitrogen and oxygen atoms in total. The minimum absolute atomic E-state index is 0.00364. The van der Waals surface area contributed by atoms with Crippen molar-refractivity contribution in [1.82, 2.24) is 29.9 Å². The molecule has 0 saturated carbocycles. The second-order valence-electron chi connectivity index (χ2n) is 6.47. The van der Waals surface area contributed by atoms with Crippen LogP contribution in [-0.4, -0.2) is 35.1 Å². The van der Waals surface area contributed by atoms with Crippen LogP contribution in [0, 0.1) is 5.82 Å². The molecule has 0 bridgehead atoms. The Morgan fingerprint density at radius 1 is 1.11 bits per heavy atom. The highest BCUT2D eigenvalue weighted by molar-refractivity contribution is 5.89. The van der Waals surface area contributed by atoms with Gasteiger partial charge in [-0.1, -0.05) is 32.0 Å². The van der Waals surface area contributed by atoms with Crippen LogP contribution in [0.4, 0.5) is 4.39 Å². The highest BCUT2D eigenvalue weighted by Crippen LogP contribution is 2.27. The lowest BCUT2D eigenvalue weighted by Gasteiger charge is -2.05. The van der Waals surface area contributed by atoms with E-state index in [-0.39, 0.29) is 30.0 Å². The van der Waals surface area contributed by atoms with E-state index in [0.29, 0.717) is 28.0 Å². The number of aromatic nitrogens is 6. The molecule has 4 rings (SSSR count). The predicted octanol–water partition coefficient (Wildman–Crippen LogP) is 3.30. The Bertz CT molecular complexity index is 1120. The summed E-state index contributed by atoms with van der Waals surface area (Å²) in [6.45, 7) is 4.00. The Hall–Kier alpha value is -3.42. The van der Waals surface area contributed by atoms with Gasteiger partial charge in [-0.25, -0.2) is 14.1 Å². The molecule has 0 aliphatic heterocycles. The monoisotopic (exact) mass is 364 g/mol. The SMILES string of the molecule is CC(C)c1nnc(-c2nn(Cc3ccccc3F)c3ncccc23)nc1O. The molecule has 1 N–H and O–H groups in total. The highest BCUT2D eigenvalue weighted by atomic mass is 19.1. The van der Waals surface area contributed by atoms with Gasteiger partial charge in [-0.05, 0) is 18.2 Å². The summed E-state index contributed by atoms with van der Waals surface area (Å²) in [5, 5.41) is 23.6. The van der Waals surface area contributed by atoms with E-state index in [9.17, 15) is 9.50 Å². The molecule has 3 heterocycles. The van der Waals surface area contributed by atoms with Crippen LogP contribution in [0.1, 0.15) is 31.0 Å². The van der Waals surface area contributed by atoms with E-state index in [4.69, 9.17) is 0 Å². The van der Waals surface area contributed by atoms with Crippen molar-refractivity contribution in [3.8, 4) is 17.4 Å².